The summed E-state index contributed by atoms with van der Waals surface area (Å²) in [5.74, 6) is 2.27. The number of hydrogen-bond donors (Lipinski definition) is 1. The fourth-order valence-electron chi connectivity index (χ4n) is 3.10. The topological polar surface area (TPSA) is 29.1 Å². The zero-order valence-corrected chi connectivity index (χ0v) is 8.12. The normalized spacial score (nSPS) is 41.9. The fourth-order valence-corrected chi connectivity index (χ4v) is 3.10. The molecule has 2 fully saturated rings. The molecule has 0 aromatic rings. The molecule has 0 aliphatic heterocycles. The minimum Gasteiger partial charge on any atom is -0.353 e. The number of rotatable bonds is 2. The quantitative estimate of drug-likeness (QED) is 0.642. The van der Waals surface area contributed by atoms with Crippen molar-refractivity contribution in [2.45, 2.75) is 32.2 Å². The molecular weight excluding hydrogens is 162 g/mol. The first-order valence-electron chi connectivity index (χ1n) is 5.10. The van der Waals surface area contributed by atoms with Crippen LogP contribution in [0.15, 0.2) is 12.7 Å². The van der Waals surface area contributed by atoms with Crippen LogP contribution in [0, 0.1) is 17.8 Å². The van der Waals surface area contributed by atoms with Gasteiger partial charge in [0.05, 0.1) is 0 Å². The summed E-state index contributed by atoms with van der Waals surface area (Å²) < 4.78 is 0. The third kappa shape index (κ3) is 1.50. The molecule has 2 aliphatic carbocycles. The highest BCUT2D eigenvalue weighted by atomic mass is 16.1. The van der Waals surface area contributed by atoms with Gasteiger partial charge >= 0.3 is 0 Å². The summed E-state index contributed by atoms with van der Waals surface area (Å²) in [6, 6.07) is 0.430. The third-order valence-corrected chi connectivity index (χ3v) is 3.56. The Labute approximate surface area is 79.4 Å². The van der Waals surface area contributed by atoms with Gasteiger partial charge in [0.25, 0.3) is 0 Å². The lowest BCUT2D eigenvalue weighted by Crippen LogP contribution is -2.39. The van der Waals surface area contributed by atoms with Crippen LogP contribution in [0.2, 0.25) is 0 Å². The molecule has 13 heavy (non-hydrogen) atoms. The van der Waals surface area contributed by atoms with Crippen LogP contribution < -0.4 is 5.32 Å². The van der Waals surface area contributed by atoms with Gasteiger partial charge in [-0.1, -0.05) is 6.08 Å². The molecule has 1 amide bonds. The summed E-state index contributed by atoms with van der Waals surface area (Å²) in [4.78, 5) is 10.9. The van der Waals surface area contributed by atoms with Gasteiger partial charge in [-0.3, -0.25) is 4.79 Å². The lowest BCUT2D eigenvalue weighted by atomic mass is 9.85. The predicted octanol–water partition coefficient (Wildman–Crippen LogP) is 1.72. The van der Waals surface area contributed by atoms with Crippen molar-refractivity contribution >= 4 is 5.91 Å². The first-order chi connectivity index (χ1) is 6.20. The van der Waals surface area contributed by atoms with Crippen molar-refractivity contribution in [3.8, 4) is 0 Å². The highest BCUT2D eigenvalue weighted by molar-refractivity contribution is 5.73. The lowest BCUT2D eigenvalue weighted by molar-refractivity contribution is -0.120. The van der Waals surface area contributed by atoms with Gasteiger partial charge in [0.2, 0.25) is 5.91 Å². The molecule has 0 radical (unpaired) electrons. The van der Waals surface area contributed by atoms with Gasteiger partial charge in [0.15, 0.2) is 0 Å². The summed E-state index contributed by atoms with van der Waals surface area (Å²) >= 11 is 0. The maximum atomic E-state index is 10.9. The second-order valence-corrected chi connectivity index (χ2v) is 4.44. The van der Waals surface area contributed by atoms with Crippen molar-refractivity contribution < 1.29 is 4.79 Å². The maximum Gasteiger partial charge on any atom is 0.217 e. The van der Waals surface area contributed by atoms with Crippen LogP contribution in [0.1, 0.15) is 26.2 Å². The van der Waals surface area contributed by atoms with E-state index < -0.39 is 0 Å². The van der Waals surface area contributed by atoms with E-state index in [1.54, 1.807) is 6.92 Å². The third-order valence-electron chi connectivity index (χ3n) is 3.56. The lowest BCUT2D eigenvalue weighted by Gasteiger charge is -2.27. The molecule has 0 heterocycles. The molecule has 0 saturated heterocycles. The minimum atomic E-state index is 0.111. The van der Waals surface area contributed by atoms with Crippen molar-refractivity contribution in [1.82, 2.24) is 5.32 Å². The van der Waals surface area contributed by atoms with Crippen LogP contribution >= 0.6 is 0 Å². The monoisotopic (exact) mass is 179 g/mol. The highest BCUT2D eigenvalue weighted by Gasteiger charge is 2.44. The van der Waals surface area contributed by atoms with Gasteiger partial charge in [0.1, 0.15) is 0 Å². The standard InChI is InChI=1S/C11H17NO/c1-3-9-4-8-5-10(9)11(6-8)12-7(2)13/h3,8-11H,1,4-6H2,2H3,(H,12,13)/t8-,9-,10+,11+/m1/s1. The van der Waals surface area contributed by atoms with Crippen LogP contribution in [-0.2, 0) is 4.79 Å². The van der Waals surface area contributed by atoms with Gasteiger partial charge in [-0.2, -0.15) is 0 Å². The van der Waals surface area contributed by atoms with Crippen LogP contribution in [0.25, 0.3) is 0 Å². The van der Waals surface area contributed by atoms with E-state index >= 15 is 0 Å². The van der Waals surface area contributed by atoms with E-state index in [1.807, 2.05) is 0 Å². The molecule has 0 aromatic carbocycles. The zero-order chi connectivity index (χ0) is 9.42. The minimum absolute atomic E-state index is 0.111. The van der Waals surface area contributed by atoms with Gasteiger partial charge in [-0.15, -0.1) is 6.58 Å². The number of allylic oxidation sites excluding steroid dienone is 1. The molecule has 2 aliphatic rings. The molecule has 4 atom stereocenters. The largest absolute Gasteiger partial charge is 0.353 e. The molecule has 0 aromatic heterocycles. The van der Waals surface area contributed by atoms with E-state index in [2.05, 4.69) is 18.0 Å². The molecule has 1 N–H and O–H groups in total. The Morgan fingerprint density at radius 1 is 1.46 bits per heavy atom. The van der Waals surface area contributed by atoms with Crippen LogP contribution in [-0.4, -0.2) is 11.9 Å². The van der Waals surface area contributed by atoms with E-state index in [4.69, 9.17) is 0 Å². The van der Waals surface area contributed by atoms with E-state index in [1.165, 1.54) is 19.3 Å². The second-order valence-electron chi connectivity index (χ2n) is 4.44. The second kappa shape index (κ2) is 3.17. The number of carbonyl (C=O) groups excluding carboxylic acids is 1. The Bertz CT molecular complexity index is 236. The molecule has 2 nitrogen and oxygen atoms in total. The van der Waals surface area contributed by atoms with E-state index in [9.17, 15) is 4.79 Å². The van der Waals surface area contributed by atoms with E-state index in [-0.39, 0.29) is 5.91 Å². The Kier molecular flexibility index (Phi) is 2.14. The summed E-state index contributed by atoms with van der Waals surface area (Å²) in [6.07, 6.45) is 5.85. The molecule has 2 heteroatoms. The van der Waals surface area contributed by atoms with Crippen LogP contribution in [0.5, 0.6) is 0 Å². The SMILES string of the molecule is C=C[C@@H]1C[C@@H]2C[C@@H]1[C@@H](NC(C)=O)C2. The number of nitrogens with one attached hydrogen (secondary N) is 1. The van der Waals surface area contributed by atoms with Crippen molar-refractivity contribution in [3.05, 3.63) is 12.7 Å². The van der Waals surface area contributed by atoms with E-state index in [0.717, 1.165) is 5.92 Å². The first-order valence-corrected chi connectivity index (χ1v) is 5.10. The zero-order valence-electron chi connectivity index (χ0n) is 8.12. The van der Waals surface area contributed by atoms with Crippen molar-refractivity contribution in [2.24, 2.45) is 17.8 Å². The van der Waals surface area contributed by atoms with Crippen molar-refractivity contribution in [3.63, 3.8) is 0 Å². The van der Waals surface area contributed by atoms with Gasteiger partial charge in [0, 0.05) is 13.0 Å². The Morgan fingerprint density at radius 3 is 2.77 bits per heavy atom. The van der Waals surface area contributed by atoms with Crippen molar-refractivity contribution in [2.75, 3.05) is 0 Å². The summed E-state index contributed by atoms with van der Waals surface area (Å²) in [5.41, 5.74) is 0. The van der Waals surface area contributed by atoms with Crippen molar-refractivity contribution in [1.29, 1.82) is 0 Å². The number of carbonyl (C=O) groups is 1. The molecule has 0 spiro atoms. The van der Waals surface area contributed by atoms with Gasteiger partial charge in [-0.25, -0.2) is 0 Å². The molecule has 0 unspecified atom stereocenters. The Morgan fingerprint density at radius 2 is 2.23 bits per heavy atom. The van der Waals surface area contributed by atoms with Gasteiger partial charge < -0.3 is 5.32 Å². The summed E-state index contributed by atoms with van der Waals surface area (Å²) in [5, 5.41) is 3.05. The molecule has 2 bridgehead atoms. The molecular formula is C11H17NO. The van der Waals surface area contributed by atoms with E-state index in [0.29, 0.717) is 17.9 Å². The average Bonchev–Trinajstić information content (AvgIpc) is 2.60. The Hall–Kier alpha value is -0.790. The fraction of sp³-hybridized carbons (Fsp3) is 0.727. The van der Waals surface area contributed by atoms with Gasteiger partial charge in [-0.05, 0) is 37.0 Å². The van der Waals surface area contributed by atoms with Crippen LogP contribution in [0.4, 0.5) is 0 Å². The predicted molar refractivity (Wildman–Crippen MR) is 52.1 cm³/mol. The Balaban J connectivity index is 2.01. The number of amides is 1. The molecule has 2 rings (SSSR count). The molecule has 72 valence electrons. The summed E-state index contributed by atoms with van der Waals surface area (Å²) in [7, 11) is 0. The summed E-state index contributed by atoms with van der Waals surface area (Å²) in [6.45, 7) is 5.47. The smallest absolute Gasteiger partial charge is 0.217 e. The highest BCUT2D eigenvalue weighted by Crippen LogP contribution is 2.48. The number of hydrogen-bond acceptors (Lipinski definition) is 1. The first kappa shape index (κ1) is 8.79. The van der Waals surface area contributed by atoms with Crippen LogP contribution in [0.3, 0.4) is 0 Å². The molecule has 2 saturated carbocycles. The number of fused-ring (bicyclic) bond motifs is 2. The maximum absolute atomic E-state index is 10.9. The average molecular weight is 179 g/mol.